The van der Waals surface area contributed by atoms with Crippen LogP contribution in [0, 0.1) is 0 Å². The van der Waals surface area contributed by atoms with Gasteiger partial charge in [0.15, 0.2) is 0 Å². The molecule has 2 rings (SSSR count). The lowest BCUT2D eigenvalue weighted by molar-refractivity contribution is -0.138. The zero-order valence-corrected chi connectivity index (χ0v) is 14.1. The normalized spacial score (nSPS) is 14.7. The molecule has 0 unspecified atom stereocenters. The van der Waals surface area contributed by atoms with E-state index in [9.17, 15) is 18.0 Å². The molecule has 0 spiro atoms. The van der Waals surface area contributed by atoms with Gasteiger partial charge in [-0.25, -0.2) is 18.0 Å². The van der Waals surface area contributed by atoms with Crippen LogP contribution >= 0.6 is 0 Å². The number of esters is 2. The van der Waals surface area contributed by atoms with Crippen molar-refractivity contribution in [2.75, 3.05) is 24.3 Å². The third kappa shape index (κ3) is 4.72. The summed E-state index contributed by atoms with van der Waals surface area (Å²) in [7, 11) is -1.03. The lowest BCUT2D eigenvalue weighted by atomic mass is 10.2. The highest BCUT2D eigenvalue weighted by Crippen LogP contribution is 2.30. The number of nitrogens with one attached hydrogen (secondary N) is 2. The molecule has 24 heavy (non-hydrogen) atoms. The van der Waals surface area contributed by atoms with E-state index in [0.29, 0.717) is 24.2 Å². The van der Waals surface area contributed by atoms with Crippen molar-refractivity contribution in [1.29, 1.82) is 0 Å². The predicted molar refractivity (Wildman–Crippen MR) is 87.7 cm³/mol. The minimum absolute atomic E-state index is 0.133. The summed E-state index contributed by atoms with van der Waals surface area (Å²) in [6, 6.07) is 6.32. The van der Waals surface area contributed by atoms with E-state index >= 15 is 0 Å². The second-order valence-corrected chi connectivity index (χ2v) is 7.09. The van der Waals surface area contributed by atoms with E-state index < -0.39 is 22.0 Å². The van der Waals surface area contributed by atoms with Gasteiger partial charge in [-0.05, 0) is 31.0 Å². The predicted octanol–water partition coefficient (Wildman–Crippen LogP) is 1.23. The zero-order valence-electron chi connectivity index (χ0n) is 13.2. The maximum atomic E-state index is 12.0. The van der Waals surface area contributed by atoms with Crippen molar-refractivity contribution in [3.05, 3.63) is 36.0 Å². The van der Waals surface area contributed by atoms with Gasteiger partial charge in [0.05, 0.1) is 31.2 Å². The molecule has 130 valence electrons. The van der Waals surface area contributed by atoms with Gasteiger partial charge >= 0.3 is 11.9 Å². The third-order valence-corrected chi connectivity index (χ3v) is 5.10. The molecule has 1 aliphatic carbocycles. The molecule has 0 atom stereocenters. The molecule has 1 saturated carbocycles. The van der Waals surface area contributed by atoms with Crippen LogP contribution < -0.4 is 10.0 Å². The maximum absolute atomic E-state index is 12.0. The van der Waals surface area contributed by atoms with Gasteiger partial charge in [-0.15, -0.1) is 0 Å². The first-order valence-electron chi connectivity index (χ1n) is 7.12. The van der Waals surface area contributed by atoms with Gasteiger partial charge in [0.1, 0.15) is 5.70 Å². The number of methoxy groups -OCH3 is 2. The van der Waals surface area contributed by atoms with E-state index in [4.69, 9.17) is 0 Å². The number of rotatable bonds is 7. The first kappa shape index (κ1) is 17.8. The fraction of sp³-hybridized carbons (Fsp3) is 0.333. The van der Waals surface area contributed by atoms with Gasteiger partial charge in [0.25, 0.3) is 0 Å². The molecule has 9 heteroatoms. The Labute approximate surface area is 139 Å². The van der Waals surface area contributed by atoms with Crippen LogP contribution in [0.3, 0.4) is 0 Å². The van der Waals surface area contributed by atoms with Gasteiger partial charge in [0, 0.05) is 5.69 Å². The standard InChI is InChI=1S/C15H18N2O6S/c1-22-14(18)9-13(15(19)23-2)16-10-4-3-5-11(8-10)17-24(20,21)12-6-7-12/h3-5,8-9,12,16-17H,6-7H2,1-2H3/b13-9+. The average molecular weight is 354 g/mol. The Morgan fingerprint density at radius 1 is 1.17 bits per heavy atom. The van der Waals surface area contributed by atoms with E-state index in [-0.39, 0.29) is 10.9 Å². The van der Waals surface area contributed by atoms with Crippen LogP contribution in [0.25, 0.3) is 0 Å². The lowest BCUT2D eigenvalue weighted by Gasteiger charge is -2.11. The van der Waals surface area contributed by atoms with Crippen molar-refractivity contribution in [2.45, 2.75) is 18.1 Å². The SMILES string of the molecule is COC(=O)/C=C(/Nc1cccc(NS(=O)(=O)C2CC2)c1)C(=O)OC. The fourth-order valence-corrected chi connectivity index (χ4v) is 3.25. The van der Waals surface area contributed by atoms with Crippen LogP contribution in [0.4, 0.5) is 11.4 Å². The summed E-state index contributed by atoms with van der Waals surface area (Å²) in [5.74, 6) is -1.49. The number of hydrogen-bond donors (Lipinski definition) is 2. The number of anilines is 2. The molecule has 1 aromatic rings. The highest BCUT2D eigenvalue weighted by molar-refractivity contribution is 7.93. The minimum atomic E-state index is -3.39. The Morgan fingerprint density at radius 2 is 1.83 bits per heavy atom. The van der Waals surface area contributed by atoms with E-state index in [1.807, 2.05) is 0 Å². The topological polar surface area (TPSA) is 111 Å². The van der Waals surface area contributed by atoms with Crippen LogP contribution in [0.2, 0.25) is 0 Å². The average Bonchev–Trinajstić information content (AvgIpc) is 3.38. The Kier molecular flexibility index (Phi) is 5.45. The van der Waals surface area contributed by atoms with Crippen molar-refractivity contribution >= 4 is 33.3 Å². The lowest BCUT2D eigenvalue weighted by Crippen LogP contribution is -2.18. The van der Waals surface area contributed by atoms with Crippen LogP contribution in [0.5, 0.6) is 0 Å². The van der Waals surface area contributed by atoms with Gasteiger partial charge in [-0.1, -0.05) is 6.07 Å². The zero-order chi connectivity index (χ0) is 17.7. The minimum Gasteiger partial charge on any atom is -0.466 e. The molecule has 8 nitrogen and oxygen atoms in total. The second kappa shape index (κ2) is 7.35. The highest BCUT2D eigenvalue weighted by Gasteiger charge is 2.35. The van der Waals surface area contributed by atoms with Crippen molar-refractivity contribution in [1.82, 2.24) is 0 Å². The van der Waals surface area contributed by atoms with E-state index in [1.165, 1.54) is 20.3 Å². The largest absolute Gasteiger partial charge is 0.466 e. The molecule has 0 amide bonds. The number of ether oxygens (including phenoxy) is 2. The van der Waals surface area contributed by atoms with E-state index in [0.717, 1.165) is 6.08 Å². The van der Waals surface area contributed by atoms with Crippen molar-refractivity contribution in [3.8, 4) is 0 Å². The summed E-state index contributed by atoms with van der Waals surface area (Å²) in [5, 5.41) is 2.37. The second-order valence-electron chi connectivity index (χ2n) is 5.12. The monoisotopic (exact) mass is 354 g/mol. The smallest absolute Gasteiger partial charge is 0.354 e. The van der Waals surface area contributed by atoms with Crippen molar-refractivity contribution in [2.24, 2.45) is 0 Å². The molecule has 2 N–H and O–H groups in total. The molecule has 0 aliphatic heterocycles. The summed E-state index contributed by atoms with van der Waals surface area (Å²) in [4.78, 5) is 23.0. The first-order chi connectivity index (χ1) is 11.4. The summed E-state index contributed by atoms with van der Waals surface area (Å²) < 4.78 is 35.5. The van der Waals surface area contributed by atoms with Gasteiger partial charge < -0.3 is 14.8 Å². The van der Waals surface area contributed by atoms with Crippen LogP contribution in [-0.4, -0.2) is 39.8 Å². The Hall–Kier alpha value is -2.55. The number of benzene rings is 1. The summed E-state index contributed by atoms with van der Waals surface area (Å²) in [5.41, 5.74) is 0.632. The Balaban J connectivity index is 2.18. The molecule has 1 fully saturated rings. The summed E-state index contributed by atoms with van der Waals surface area (Å²) in [6.07, 6.45) is 2.26. The van der Waals surface area contributed by atoms with Gasteiger partial charge in [-0.2, -0.15) is 0 Å². The number of sulfonamides is 1. The van der Waals surface area contributed by atoms with Crippen LogP contribution in [0.1, 0.15) is 12.8 Å². The molecule has 1 aliphatic rings. The first-order valence-corrected chi connectivity index (χ1v) is 8.67. The summed E-state index contributed by atoms with van der Waals surface area (Å²) in [6.45, 7) is 0. The molecule has 0 radical (unpaired) electrons. The molecule has 0 bridgehead atoms. The van der Waals surface area contributed by atoms with Crippen molar-refractivity contribution < 1.29 is 27.5 Å². The van der Waals surface area contributed by atoms with Crippen molar-refractivity contribution in [3.63, 3.8) is 0 Å². The number of carbonyl (C=O) groups is 2. The molecule has 0 heterocycles. The highest BCUT2D eigenvalue weighted by atomic mass is 32.2. The Bertz CT molecular complexity index is 768. The van der Waals surface area contributed by atoms with Crippen LogP contribution in [-0.2, 0) is 29.1 Å². The number of carbonyl (C=O) groups excluding carboxylic acids is 2. The fourth-order valence-electron chi connectivity index (χ4n) is 1.87. The molecule has 1 aromatic carbocycles. The van der Waals surface area contributed by atoms with Gasteiger partial charge in [0.2, 0.25) is 10.0 Å². The van der Waals surface area contributed by atoms with Gasteiger partial charge in [-0.3, -0.25) is 4.72 Å². The quantitative estimate of drug-likeness (QED) is 0.560. The maximum Gasteiger partial charge on any atom is 0.354 e. The molecule has 0 saturated heterocycles. The third-order valence-electron chi connectivity index (χ3n) is 3.23. The molecular weight excluding hydrogens is 336 g/mol. The van der Waals surface area contributed by atoms with Crippen LogP contribution in [0.15, 0.2) is 36.0 Å². The Morgan fingerprint density at radius 3 is 2.42 bits per heavy atom. The van der Waals surface area contributed by atoms with E-state index in [2.05, 4.69) is 19.5 Å². The summed E-state index contributed by atoms with van der Waals surface area (Å²) >= 11 is 0. The molecule has 0 aromatic heterocycles. The van der Waals surface area contributed by atoms with E-state index in [1.54, 1.807) is 18.2 Å². The number of hydrogen-bond acceptors (Lipinski definition) is 7. The molecular formula is C15H18N2O6S.